The molecule has 26 heavy (non-hydrogen) atoms. The second-order valence-electron chi connectivity index (χ2n) is 6.45. The quantitative estimate of drug-likeness (QED) is 0.683. The molecule has 1 aromatic rings. The maximum Gasteiger partial charge on any atom is 0.408 e. The first-order valence-electron chi connectivity index (χ1n) is 8.22. The van der Waals surface area contributed by atoms with E-state index < -0.39 is 42.3 Å². The van der Waals surface area contributed by atoms with Crippen molar-refractivity contribution in [1.82, 2.24) is 15.0 Å². The fourth-order valence-corrected chi connectivity index (χ4v) is 2.53. The molecule has 0 spiro atoms. The number of nitrogens with one attached hydrogen (secondary N) is 2. The van der Waals surface area contributed by atoms with E-state index in [9.17, 15) is 27.1 Å². The van der Waals surface area contributed by atoms with Gasteiger partial charge in [0.05, 0.1) is 6.04 Å². The second-order valence-corrected chi connectivity index (χ2v) is 6.45. The van der Waals surface area contributed by atoms with Crippen LogP contribution in [0.15, 0.2) is 5.83 Å². The third-order valence-corrected chi connectivity index (χ3v) is 4.25. The van der Waals surface area contributed by atoms with Gasteiger partial charge in [-0.15, -0.1) is 0 Å². The number of aromatic nitrogens is 3. The number of aliphatic hydroxyl groups is 1. The highest BCUT2D eigenvalue weighted by Gasteiger charge is 2.39. The van der Waals surface area contributed by atoms with Gasteiger partial charge in [0.25, 0.3) is 0 Å². The number of anilines is 2. The van der Waals surface area contributed by atoms with Gasteiger partial charge in [-0.05, 0) is 26.2 Å². The van der Waals surface area contributed by atoms with Crippen LogP contribution in [-0.4, -0.2) is 50.6 Å². The summed E-state index contributed by atoms with van der Waals surface area (Å²) in [6, 6.07) is -2.48. The van der Waals surface area contributed by atoms with Crippen LogP contribution >= 0.6 is 0 Å². The van der Waals surface area contributed by atoms with E-state index in [0.29, 0.717) is 6.42 Å². The van der Waals surface area contributed by atoms with E-state index in [2.05, 4.69) is 25.6 Å². The molecule has 1 heterocycles. The number of hydrogen-bond acceptors (Lipinski definition) is 6. The van der Waals surface area contributed by atoms with Crippen LogP contribution in [0.3, 0.4) is 0 Å². The highest BCUT2D eigenvalue weighted by atomic mass is 19.4. The summed E-state index contributed by atoms with van der Waals surface area (Å²) in [5.74, 6) is -1.53. The van der Waals surface area contributed by atoms with Crippen molar-refractivity contribution in [2.24, 2.45) is 0 Å². The summed E-state index contributed by atoms with van der Waals surface area (Å²) >= 11 is 0. The molecule has 1 saturated carbocycles. The first kappa shape index (κ1) is 18.7. The largest absolute Gasteiger partial charge is 0.408 e. The minimum atomic E-state index is -4.54. The van der Waals surface area contributed by atoms with Crippen molar-refractivity contribution >= 4 is 17.5 Å². The van der Waals surface area contributed by atoms with Gasteiger partial charge in [0, 0.05) is 12.0 Å². The molecule has 1 fully saturated rings. The van der Waals surface area contributed by atoms with E-state index >= 15 is 0 Å². The number of hydrogen-bond donors (Lipinski definition) is 3. The first-order valence-corrected chi connectivity index (χ1v) is 8.22. The van der Waals surface area contributed by atoms with Crippen LogP contribution in [0.5, 0.6) is 0 Å². The number of rotatable bonds is 5. The molecule has 0 saturated heterocycles. The van der Waals surface area contributed by atoms with E-state index in [1.165, 1.54) is 0 Å². The summed E-state index contributed by atoms with van der Waals surface area (Å²) in [5, 5.41) is 14.4. The summed E-state index contributed by atoms with van der Waals surface area (Å²) in [4.78, 5) is 11.7. The summed E-state index contributed by atoms with van der Waals surface area (Å²) < 4.78 is 65.6. The summed E-state index contributed by atoms with van der Waals surface area (Å²) in [5.41, 5.74) is 0.0181. The van der Waals surface area contributed by atoms with Gasteiger partial charge in [0.1, 0.15) is 24.1 Å². The molecule has 1 aromatic heterocycles. The fourth-order valence-electron chi connectivity index (χ4n) is 2.53. The van der Waals surface area contributed by atoms with Gasteiger partial charge in [-0.2, -0.15) is 28.1 Å². The van der Waals surface area contributed by atoms with Crippen molar-refractivity contribution in [1.29, 1.82) is 0 Å². The van der Waals surface area contributed by atoms with Crippen LogP contribution in [0, 0.1) is 0 Å². The number of halogens is 5. The second kappa shape index (κ2) is 6.93. The van der Waals surface area contributed by atoms with E-state index in [4.69, 9.17) is 0 Å². The topological polar surface area (TPSA) is 83.0 Å². The molecule has 1 unspecified atom stereocenters. The van der Waals surface area contributed by atoms with Crippen molar-refractivity contribution in [3.8, 4) is 0 Å². The Labute approximate surface area is 145 Å². The van der Waals surface area contributed by atoms with E-state index in [1.54, 1.807) is 0 Å². The van der Waals surface area contributed by atoms with Crippen LogP contribution in [-0.2, 0) is 0 Å². The monoisotopic (exact) mass is 379 g/mol. The van der Waals surface area contributed by atoms with E-state index in [-0.39, 0.29) is 36.6 Å². The Hall–Kier alpha value is -2.04. The normalized spacial score (nSPS) is 27.3. The van der Waals surface area contributed by atoms with Gasteiger partial charge in [0.15, 0.2) is 5.82 Å². The van der Waals surface area contributed by atoms with Gasteiger partial charge >= 0.3 is 6.18 Å². The average Bonchev–Trinajstić information content (AvgIpc) is 3.23. The van der Waals surface area contributed by atoms with Gasteiger partial charge < -0.3 is 15.7 Å². The standard InChI is InChI=1S/C15H18F5N5O/c1-6(15(18,19)20)21-13-23-12(7-3-2-4-10(26)11(7)17)24-14(25-13)22-9-5-8(9)16/h6,8-10,26H,2-5H2,1H3,(H2,21,22,23,24,25)/t6-,8+,9-,10?/m1/s1. The molecule has 2 aliphatic carbocycles. The van der Waals surface area contributed by atoms with Gasteiger partial charge in [-0.1, -0.05) is 0 Å². The summed E-state index contributed by atoms with van der Waals surface area (Å²) in [6.45, 7) is 0.888. The van der Waals surface area contributed by atoms with Crippen LogP contribution in [0.2, 0.25) is 0 Å². The van der Waals surface area contributed by atoms with Crippen molar-refractivity contribution in [3.63, 3.8) is 0 Å². The Kier molecular flexibility index (Phi) is 5.00. The lowest BCUT2D eigenvalue weighted by molar-refractivity contribution is -0.138. The zero-order valence-corrected chi connectivity index (χ0v) is 13.8. The minimum absolute atomic E-state index is 0.0181. The molecular formula is C15H18F5N5O. The molecule has 0 aromatic carbocycles. The first-order chi connectivity index (χ1) is 12.1. The van der Waals surface area contributed by atoms with Crippen LogP contribution < -0.4 is 10.6 Å². The van der Waals surface area contributed by atoms with E-state index in [1.807, 2.05) is 0 Å². The summed E-state index contributed by atoms with van der Waals surface area (Å²) in [6.07, 6.45) is -5.73. The molecule has 2 aliphatic rings. The molecule has 144 valence electrons. The zero-order chi connectivity index (χ0) is 19.1. The highest BCUT2D eigenvalue weighted by molar-refractivity contribution is 5.65. The van der Waals surface area contributed by atoms with Crippen molar-refractivity contribution in [2.45, 2.75) is 63.1 Å². The molecule has 3 rings (SSSR count). The van der Waals surface area contributed by atoms with Gasteiger partial charge in [-0.25, -0.2) is 8.78 Å². The molecule has 6 nitrogen and oxygen atoms in total. The minimum Gasteiger partial charge on any atom is -0.386 e. The lowest BCUT2D eigenvalue weighted by Crippen LogP contribution is -2.34. The Morgan fingerprint density at radius 3 is 2.46 bits per heavy atom. The maximum atomic E-state index is 14.2. The molecular weight excluding hydrogens is 361 g/mol. The van der Waals surface area contributed by atoms with Gasteiger partial charge in [0.2, 0.25) is 11.9 Å². The number of allylic oxidation sites excluding steroid dienone is 1. The lowest BCUT2D eigenvalue weighted by Gasteiger charge is -2.21. The number of aliphatic hydroxyl groups excluding tert-OH is 1. The zero-order valence-electron chi connectivity index (χ0n) is 13.8. The molecule has 11 heteroatoms. The molecule has 0 amide bonds. The average molecular weight is 379 g/mol. The van der Waals surface area contributed by atoms with Crippen LogP contribution in [0.1, 0.15) is 38.4 Å². The molecule has 0 bridgehead atoms. The molecule has 0 aliphatic heterocycles. The smallest absolute Gasteiger partial charge is 0.386 e. The third kappa shape index (κ3) is 4.19. The Morgan fingerprint density at radius 2 is 1.85 bits per heavy atom. The Balaban J connectivity index is 1.93. The maximum absolute atomic E-state index is 14.2. The fraction of sp³-hybridized carbons (Fsp3) is 0.667. The van der Waals surface area contributed by atoms with Crippen molar-refractivity contribution in [3.05, 3.63) is 11.7 Å². The van der Waals surface area contributed by atoms with Crippen molar-refractivity contribution in [2.75, 3.05) is 10.6 Å². The molecule has 0 radical (unpaired) electrons. The summed E-state index contributed by atoms with van der Waals surface area (Å²) in [7, 11) is 0. The van der Waals surface area contributed by atoms with Crippen LogP contribution in [0.4, 0.5) is 33.8 Å². The van der Waals surface area contributed by atoms with E-state index in [0.717, 1.165) is 6.92 Å². The Morgan fingerprint density at radius 1 is 1.19 bits per heavy atom. The predicted molar refractivity (Wildman–Crippen MR) is 83.8 cm³/mol. The van der Waals surface area contributed by atoms with Crippen LogP contribution in [0.25, 0.3) is 5.57 Å². The highest BCUT2D eigenvalue weighted by Crippen LogP contribution is 2.33. The lowest BCUT2D eigenvalue weighted by atomic mass is 9.96. The molecule has 4 atom stereocenters. The molecule has 3 N–H and O–H groups in total. The third-order valence-electron chi connectivity index (χ3n) is 4.25. The number of alkyl halides is 4. The predicted octanol–water partition coefficient (Wildman–Crippen LogP) is 2.98. The Bertz CT molecular complexity index is 710. The van der Waals surface area contributed by atoms with Gasteiger partial charge in [-0.3, -0.25) is 0 Å². The number of nitrogens with zero attached hydrogens (tertiary/aromatic N) is 3. The SMILES string of the molecule is C[C@@H](Nc1nc(N[C@@H]2C[C@@H]2F)nc(C2=C(F)C(O)CCC2)n1)C(F)(F)F. The van der Waals surface area contributed by atoms with Crippen molar-refractivity contribution < 1.29 is 27.1 Å².